The predicted octanol–water partition coefficient (Wildman–Crippen LogP) is 1.99. The summed E-state index contributed by atoms with van der Waals surface area (Å²) in [6.07, 6.45) is 1.82. The third-order valence-corrected chi connectivity index (χ3v) is 5.38. The molecule has 1 unspecified atom stereocenters. The number of carbonyl (C=O) groups excluding carboxylic acids is 3. The van der Waals surface area contributed by atoms with Gasteiger partial charge in [0.1, 0.15) is 0 Å². The van der Waals surface area contributed by atoms with Crippen molar-refractivity contribution >= 4 is 40.3 Å². The van der Waals surface area contributed by atoms with Gasteiger partial charge in [-0.15, -0.1) is 5.10 Å². The van der Waals surface area contributed by atoms with Gasteiger partial charge in [0, 0.05) is 26.0 Å². The van der Waals surface area contributed by atoms with Gasteiger partial charge in [0.15, 0.2) is 5.17 Å². The Hall–Kier alpha value is -2.35. The van der Waals surface area contributed by atoms with Gasteiger partial charge in [-0.1, -0.05) is 31.5 Å². The zero-order chi connectivity index (χ0) is 18.2. The lowest BCUT2D eigenvalue weighted by Gasteiger charge is -2.29. The zero-order valence-electron chi connectivity index (χ0n) is 14.4. The van der Waals surface area contributed by atoms with Crippen LogP contribution in [-0.4, -0.2) is 34.4 Å². The van der Waals surface area contributed by atoms with E-state index in [0.717, 1.165) is 35.9 Å². The number of unbranched alkanes of at least 4 members (excludes halogenated alkanes) is 1. The zero-order valence-corrected chi connectivity index (χ0v) is 15.2. The number of fused-ring (bicyclic) bond motifs is 2. The third-order valence-electron chi connectivity index (χ3n) is 4.14. The summed E-state index contributed by atoms with van der Waals surface area (Å²) in [5, 5.41) is 8.25. The molecule has 1 spiro atoms. The lowest BCUT2D eigenvalue weighted by Crippen LogP contribution is -2.48. The Balaban J connectivity index is 2.09. The Morgan fingerprint density at radius 3 is 2.64 bits per heavy atom. The van der Waals surface area contributed by atoms with Crippen molar-refractivity contribution in [1.29, 1.82) is 0 Å². The van der Waals surface area contributed by atoms with E-state index >= 15 is 0 Å². The van der Waals surface area contributed by atoms with Crippen LogP contribution in [0.2, 0.25) is 0 Å². The van der Waals surface area contributed by atoms with Crippen LogP contribution in [0.5, 0.6) is 0 Å². The summed E-state index contributed by atoms with van der Waals surface area (Å²) in [5.41, 5.74) is 1.51. The number of amides is 3. The number of hydrazone groups is 1. The molecule has 0 saturated carbocycles. The summed E-state index contributed by atoms with van der Waals surface area (Å²) >= 11 is 1.11. The number of hydrogen-bond donors (Lipinski definition) is 1. The van der Waals surface area contributed by atoms with E-state index in [9.17, 15) is 14.4 Å². The summed E-state index contributed by atoms with van der Waals surface area (Å²) < 4.78 is 0. The van der Waals surface area contributed by atoms with Crippen molar-refractivity contribution in [2.45, 2.75) is 38.5 Å². The highest BCUT2D eigenvalue weighted by Gasteiger charge is 2.60. The second-order valence-corrected chi connectivity index (χ2v) is 7.17. The molecule has 0 aliphatic carbocycles. The van der Waals surface area contributed by atoms with E-state index in [1.807, 2.05) is 24.3 Å². The van der Waals surface area contributed by atoms with Gasteiger partial charge in [0.05, 0.1) is 5.69 Å². The highest BCUT2D eigenvalue weighted by molar-refractivity contribution is 8.15. The minimum Gasteiger partial charge on any atom is -0.309 e. The number of benzene rings is 1. The minimum atomic E-state index is -1.28. The number of thioether (sulfide) groups is 1. The van der Waals surface area contributed by atoms with Gasteiger partial charge in [-0.05, 0) is 24.2 Å². The summed E-state index contributed by atoms with van der Waals surface area (Å²) in [7, 11) is 0. The van der Waals surface area contributed by atoms with E-state index in [1.54, 1.807) is 4.90 Å². The Morgan fingerprint density at radius 2 is 2.00 bits per heavy atom. The highest BCUT2D eigenvalue weighted by atomic mass is 32.2. The predicted molar refractivity (Wildman–Crippen MR) is 96.7 cm³/mol. The average molecular weight is 360 g/mol. The molecule has 2 aliphatic heterocycles. The van der Waals surface area contributed by atoms with Crippen LogP contribution in [-0.2, 0) is 19.3 Å². The van der Waals surface area contributed by atoms with E-state index in [-0.39, 0.29) is 22.9 Å². The smallest absolute Gasteiger partial charge is 0.270 e. The van der Waals surface area contributed by atoms with Crippen molar-refractivity contribution in [3.8, 4) is 0 Å². The van der Waals surface area contributed by atoms with Gasteiger partial charge in [-0.3, -0.25) is 14.4 Å². The Morgan fingerprint density at radius 1 is 1.28 bits per heavy atom. The third kappa shape index (κ3) is 2.70. The molecule has 7 nitrogen and oxygen atoms in total. The Kier molecular flexibility index (Phi) is 4.55. The van der Waals surface area contributed by atoms with E-state index < -0.39 is 4.87 Å². The number of amidine groups is 1. The second-order valence-electron chi connectivity index (χ2n) is 5.99. The molecule has 0 aromatic heterocycles. The van der Waals surface area contributed by atoms with Crippen LogP contribution in [0.3, 0.4) is 0 Å². The molecule has 3 amide bonds. The van der Waals surface area contributed by atoms with Crippen molar-refractivity contribution in [1.82, 2.24) is 10.3 Å². The molecule has 0 saturated heterocycles. The molecule has 3 rings (SSSR count). The van der Waals surface area contributed by atoms with E-state index in [4.69, 9.17) is 0 Å². The van der Waals surface area contributed by atoms with Crippen molar-refractivity contribution in [2.24, 2.45) is 5.10 Å². The van der Waals surface area contributed by atoms with Gasteiger partial charge in [0.25, 0.3) is 5.91 Å². The quantitative estimate of drug-likeness (QED) is 0.894. The molecule has 1 aromatic carbocycles. The van der Waals surface area contributed by atoms with Crippen molar-refractivity contribution < 1.29 is 14.4 Å². The van der Waals surface area contributed by atoms with Crippen LogP contribution >= 0.6 is 11.8 Å². The summed E-state index contributed by atoms with van der Waals surface area (Å²) in [6.45, 7) is 5.37. The van der Waals surface area contributed by atoms with Gasteiger partial charge in [0.2, 0.25) is 16.7 Å². The summed E-state index contributed by atoms with van der Waals surface area (Å²) in [5.74, 6) is -0.854. The van der Waals surface area contributed by atoms with Crippen LogP contribution in [0, 0.1) is 0 Å². The standard InChI is InChI=1S/C17H20N4O3S/c1-4-5-10-20-14-9-7-6-8-13(14)17(15(20)24)21(12(3)23)19-16(25-17)18-11(2)22/h6-9H,4-5,10H2,1-3H3,(H,18,19,22). The average Bonchev–Trinajstić information content (AvgIpc) is 3.04. The van der Waals surface area contributed by atoms with E-state index in [2.05, 4.69) is 17.3 Å². The van der Waals surface area contributed by atoms with Gasteiger partial charge < -0.3 is 10.2 Å². The Labute approximate surface area is 150 Å². The maximum absolute atomic E-state index is 13.4. The van der Waals surface area contributed by atoms with Crippen molar-refractivity contribution in [3.63, 3.8) is 0 Å². The van der Waals surface area contributed by atoms with Crippen molar-refractivity contribution in [3.05, 3.63) is 29.8 Å². The molecule has 1 aromatic rings. The molecule has 2 aliphatic rings. The molecule has 2 heterocycles. The summed E-state index contributed by atoms with van der Waals surface area (Å²) in [6, 6.07) is 7.44. The first-order valence-corrected chi connectivity index (χ1v) is 9.01. The highest BCUT2D eigenvalue weighted by Crippen LogP contribution is 2.54. The fourth-order valence-electron chi connectivity index (χ4n) is 3.10. The first-order chi connectivity index (χ1) is 11.9. The number of nitrogens with zero attached hydrogens (tertiary/aromatic N) is 3. The molecule has 0 bridgehead atoms. The van der Waals surface area contributed by atoms with E-state index in [0.29, 0.717) is 6.54 Å². The normalized spacial score (nSPS) is 21.6. The maximum Gasteiger partial charge on any atom is 0.270 e. The first-order valence-electron chi connectivity index (χ1n) is 8.19. The fraction of sp³-hybridized carbons (Fsp3) is 0.412. The number of para-hydroxylation sites is 1. The van der Waals surface area contributed by atoms with Crippen LogP contribution in [0.25, 0.3) is 0 Å². The molecular formula is C17H20N4O3S. The maximum atomic E-state index is 13.4. The minimum absolute atomic E-state index is 0.202. The van der Waals surface area contributed by atoms with Gasteiger partial charge in [-0.25, -0.2) is 0 Å². The van der Waals surface area contributed by atoms with Crippen molar-refractivity contribution in [2.75, 3.05) is 11.4 Å². The first kappa shape index (κ1) is 17.5. The molecule has 0 fully saturated rings. The number of anilines is 1. The summed E-state index contributed by atoms with van der Waals surface area (Å²) in [4.78, 5) is 37.4. The van der Waals surface area contributed by atoms with Crippen LogP contribution < -0.4 is 10.2 Å². The van der Waals surface area contributed by atoms with Gasteiger partial charge in [-0.2, -0.15) is 5.01 Å². The molecule has 8 heteroatoms. The molecule has 0 radical (unpaired) electrons. The fourth-order valence-corrected chi connectivity index (χ4v) is 4.44. The molecular weight excluding hydrogens is 340 g/mol. The topological polar surface area (TPSA) is 82.1 Å². The van der Waals surface area contributed by atoms with Crippen LogP contribution in [0.1, 0.15) is 39.2 Å². The number of carbonyl (C=O) groups is 3. The van der Waals surface area contributed by atoms with Crippen LogP contribution in [0.4, 0.5) is 5.69 Å². The lowest BCUT2D eigenvalue weighted by molar-refractivity contribution is -0.139. The molecule has 1 atom stereocenters. The number of hydrogen-bond acceptors (Lipinski definition) is 5. The monoisotopic (exact) mass is 360 g/mol. The van der Waals surface area contributed by atoms with E-state index in [1.165, 1.54) is 18.9 Å². The number of rotatable bonds is 3. The molecule has 1 N–H and O–H groups in total. The largest absolute Gasteiger partial charge is 0.309 e. The Bertz CT molecular complexity index is 779. The van der Waals surface area contributed by atoms with Gasteiger partial charge >= 0.3 is 0 Å². The molecule has 132 valence electrons. The number of nitrogens with one attached hydrogen (secondary N) is 1. The van der Waals surface area contributed by atoms with Crippen LogP contribution in [0.15, 0.2) is 29.4 Å². The lowest BCUT2D eigenvalue weighted by atomic mass is 10.1. The molecule has 25 heavy (non-hydrogen) atoms. The SMILES string of the molecule is CCCCN1C(=O)C2(SC(NC(C)=O)=NN2C(C)=O)c2ccccc21. The second kappa shape index (κ2) is 6.51.